The van der Waals surface area contributed by atoms with Crippen molar-refractivity contribution >= 4 is 27.3 Å². The van der Waals surface area contributed by atoms with E-state index in [1.165, 1.54) is 5.69 Å². The van der Waals surface area contributed by atoms with Gasteiger partial charge in [0.15, 0.2) is 0 Å². The first-order valence-electron chi connectivity index (χ1n) is 6.43. The van der Waals surface area contributed by atoms with E-state index in [0.717, 1.165) is 22.3 Å². The van der Waals surface area contributed by atoms with Crippen LogP contribution in [0, 0.1) is 0 Å². The van der Waals surface area contributed by atoms with Gasteiger partial charge in [-0.25, -0.2) is 0 Å². The van der Waals surface area contributed by atoms with E-state index in [-0.39, 0.29) is 0 Å². The summed E-state index contributed by atoms with van der Waals surface area (Å²) in [7, 11) is 0. The van der Waals surface area contributed by atoms with Gasteiger partial charge in [-0.05, 0) is 43.7 Å². The minimum atomic E-state index is -0.463. The Morgan fingerprint density at radius 1 is 1.11 bits per heavy atom. The first-order chi connectivity index (χ1) is 9.13. The van der Waals surface area contributed by atoms with Crippen LogP contribution in [0.2, 0.25) is 0 Å². The molecule has 0 spiro atoms. The fourth-order valence-electron chi connectivity index (χ4n) is 2.14. The zero-order chi connectivity index (χ0) is 13.8. The minimum Gasteiger partial charge on any atom is -0.389 e. The molecule has 2 rings (SSSR count). The van der Waals surface area contributed by atoms with Crippen molar-refractivity contribution in [2.75, 3.05) is 11.4 Å². The predicted molar refractivity (Wildman–Crippen MR) is 83.9 cm³/mol. The molecule has 0 aliphatic heterocycles. The number of benzene rings is 2. The highest BCUT2D eigenvalue weighted by Gasteiger charge is 2.11. The number of nitrogens with zero attached hydrogens (tertiary/aromatic N) is 1. The van der Waals surface area contributed by atoms with Crippen LogP contribution < -0.4 is 4.90 Å². The lowest BCUT2D eigenvalue weighted by molar-refractivity contribution is 0.198. The molecule has 19 heavy (non-hydrogen) atoms. The molecule has 0 aromatic heterocycles. The molecule has 1 N–H and O–H groups in total. The van der Waals surface area contributed by atoms with Crippen LogP contribution in [-0.2, 0) is 0 Å². The average Bonchev–Trinajstić information content (AvgIpc) is 2.40. The zero-order valence-corrected chi connectivity index (χ0v) is 12.8. The molecule has 0 saturated heterocycles. The van der Waals surface area contributed by atoms with E-state index in [1.807, 2.05) is 30.3 Å². The molecule has 3 heteroatoms. The maximum Gasteiger partial charge on any atom is 0.0772 e. The maximum atomic E-state index is 9.66. The van der Waals surface area contributed by atoms with Crippen molar-refractivity contribution in [1.82, 2.24) is 0 Å². The standard InChI is InChI=1S/C16H18BrNO/c1-3-18(13-7-5-4-6-8-13)14-9-10-15(12(2)19)16(17)11-14/h4-12,19H,3H2,1-2H3/t12-/m0/s1. The third kappa shape index (κ3) is 3.17. The number of anilines is 2. The highest BCUT2D eigenvalue weighted by atomic mass is 79.9. The van der Waals surface area contributed by atoms with Gasteiger partial charge < -0.3 is 10.0 Å². The summed E-state index contributed by atoms with van der Waals surface area (Å²) in [5, 5.41) is 9.66. The van der Waals surface area contributed by atoms with E-state index in [2.05, 4.69) is 46.0 Å². The second kappa shape index (κ2) is 6.22. The van der Waals surface area contributed by atoms with Crippen LogP contribution in [0.15, 0.2) is 53.0 Å². The molecule has 2 aromatic carbocycles. The van der Waals surface area contributed by atoms with E-state index in [1.54, 1.807) is 6.92 Å². The number of para-hydroxylation sites is 1. The van der Waals surface area contributed by atoms with Crippen molar-refractivity contribution in [3.8, 4) is 0 Å². The van der Waals surface area contributed by atoms with E-state index < -0.39 is 6.10 Å². The molecule has 0 heterocycles. The van der Waals surface area contributed by atoms with E-state index in [9.17, 15) is 5.11 Å². The molecule has 0 saturated carbocycles. The van der Waals surface area contributed by atoms with Crippen LogP contribution in [0.1, 0.15) is 25.5 Å². The summed E-state index contributed by atoms with van der Waals surface area (Å²) in [5.41, 5.74) is 3.19. The molecular formula is C16H18BrNO. The number of hydrogen-bond acceptors (Lipinski definition) is 2. The largest absolute Gasteiger partial charge is 0.389 e. The quantitative estimate of drug-likeness (QED) is 0.885. The zero-order valence-electron chi connectivity index (χ0n) is 11.2. The summed E-state index contributed by atoms with van der Waals surface area (Å²) >= 11 is 3.53. The van der Waals surface area contributed by atoms with Crippen molar-refractivity contribution in [3.05, 3.63) is 58.6 Å². The van der Waals surface area contributed by atoms with Gasteiger partial charge >= 0.3 is 0 Å². The number of aliphatic hydroxyl groups is 1. The van der Waals surface area contributed by atoms with Crippen molar-refractivity contribution in [3.63, 3.8) is 0 Å². The summed E-state index contributed by atoms with van der Waals surface area (Å²) < 4.78 is 0.939. The summed E-state index contributed by atoms with van der Waals surface area (Å²) in [4.78, 5) is 2.23. The number of hydrogen-bond donors (Lipinski definition) is 1. The average molecular weight is 320 g/mol. The summed E-state index contributed by atoms with van der Waals surface area (Å²) in [5.74, 6) is 0. The van der Waals surface area contributed by atoms with Gasteiger partial charge in [0.05, 0.1) is 6.10 Å². The van der Waals surface area contributed by atoms with Gasteiger partial charge in [-0.1, -0.05) is 40.2 Å². The summed E-state index contributed by atoms with van der Waals surface area (Å²) in [6, 6.07) is 16.4. The third-order valence-corrected chi connectivity index (χ3v) is 3.82. The summed E-state index contributed by atoms with van der Waals surface area (Å²) in [6.07, 6.45) is -0.463. The fraction of sp³-hybridized carbons (Fsp3) is 0.250. The van der Waals surface area contributed by atoms with Gasteiger partial charge in [-0.15, -0.1) is 0 Å². The lowest BCUT2D eigenvalue weighted by atomic mass is 10.1. The van der Waals surface area contributed by atoms with Crippen molar-refractivity contribution < 1.29 is 5.11 Å². The van der Waals surface area contributed by atoms with Gasteiger partial charge in [-0.3, -0.25) is 0 Å². The topological polar surface area (TPSA) is 23.5 Å². The van der Waals surface area contributed by atoms with Crippen molar-refractivity contribution in [1.29, 1.82) is 0 Å². The molecule has 0 unspecified atom stereocenters. The van der Waals surface area contributed by atoms with E-state index in [0.29, 0.717) is 0 Å². The Bertz CT molecular complexity index is 540. The van der Waals surface area contributed by atoms with Crippen LogP contribution in [0.25, 0.3) is 0 Å². The highest BCUT2D eigenvalue weighted by molar-refractivity contribution is 9.10. The fourth-order valence-corrected chi connectivity index (χ4v) is 2.84. The van der Waals surface area contributed by atoms with Crippen molar-refractivity contribution in [2.24, 2.45) is 0 Å². The molecule has 0 aliphatic carbocycles. The molecule has 0 bridgehead atoms. The van der Waals surface area contributed by atoms with Crippen LogP contribution in [0.5, 0.6) is 0 Å². The molecule has 0 aliphatic rings. The lowest BCUT2D eigenvalue weighted by Crippen LogP contribution is -2.16. The second-order valence-electron chi connectivity index (χ2n) is 4.46. The van der Waals surface area contributed by atoms with Crippen LogP contribution in [0.3, 0.4) is 0 Å². The first kappa shape index (κ1) is 14.1. The molecule has 0 fully saturated rings. The Labute approximate surface area is 122 Å². The number of rotatable bonds is 4. The van der Waals surface area contributed by atoms with Crippen LogP contribution >= 0.6 is 15.9 Å². The smallest absolute Gasteiger partial charge is 0.0772 e. The Balaban J connectivity index is 2.37. The molecule has 0 radical (unpaired) electrons. The number of halogens is 1. The molecule has 2 aromatic rings. The maximum absolute atomic E-state index is 9.66. The second-order valence-corrected chi connectivity index (χ2v) is 5.32. The Morgan fingerprint density at radius 2 is 1.79 bits per heavy atom. The van der Waals surface area contributed by atoms with Gasteiger partial charge in [-0.2, -0.15) is 0 Å². The molecule has 0 amide bonds. The van der Waals surface area contributed by atoms with Gasteiger partial charge in [0.1, 0.15) is 0 Å². The predicted octanol–water partition coefficient (Wildman–Crippen LogP) is 4.66. The monoisotopic (exact) mass is 319 g/mol. The molecule has 100 valence electrons. The first-order valence-corrected chi connectivity index (χ1v) is 7.23. The molecule has 2 nitrogen and oxygen atoms in total. The molecular weight excluding hydrogens is 302 g/mol. The van der Waals surface area contributed by atoms with Gasteiger partial charge in [0.2, 0.25) is 0 Å². The normalized spacial score (nSPS) is 12.2. The Morgan fingerprint density at radius 3 is 2.32 bits per heavy atom. The summed E-state index contributed by atoms with van der Waals surface area (Å²) in [6.45, 7) is 4.79. The Kier molecular flexibility index (Phi) is 4.61. The van der Waals surface area contributed by atoms with Crippen LogP contribution in [0.4, 0.5) is 11.4 Å². The highest BCUT2D eigenvalue weighted by Crippen LogP contribution is 2.31. The van der Waals surface area contributed by atoms with Gasteiger partial charge in [0.25, 0.3) is 0 Å². The third-order valence-electron chi connectivity index (χ3n) is 3.13. The number of aliphatic hydroxyl groups excluding tert-OH is 1. The van der Waals surface area contributed by atoms with Crippen molar-refractivity contribution in [2.45, 2.75) is 20.0 Å². The van der Waals surface area contributed by atoms with E-state index >= 15 is 0 Å². The lowest BCUT2D eigenvalue weighted by Gasteiger charge is -2.24. The van der Waals surface area contributed by atoms with Gasteiger partial charge in [0, 0.05) is 22.4 Å². The Hall–Kier alpha value is -1.32. The van der Waals surface area contributed by atoms with Crippen LogP contribution in [-0.4, -0.2) is 11.7 Å². The minimum absolute atomic E-state index is 0.463. The van der Waals surface area contributed by atoms with E-state index in [4.69, 9.17) is 0 Å². The SMILES string of the molecule is CCN(c1ccccc1)c1ccc([C@H](C)O)c(Br)c1. The molecule has 1 atom stereocenters.